The van der Waals surface area contributed by atoms with Crippen LogP contribution in [0.3, 0.4) is 0 Å². The van der Waals surface area contributed by atoms with Gasteiger partial charge in [0.2, 0.25) is 0 Å². The highest BCUT2D eigenvalue weighted by Gasteiger charge is 2.29. The van der Waals surface area contributed by atoms with Gasteiger partial charge in [0.15, 0.2) is 0 Å². The van der Waals surface area contributed by atoms with Gasteiger partial charge in [0.1, 0.15) is 6.04 Å². The fourth-order valence-electron chi connectivity index (χ4n) is 1.49. The second-order valence-corrected chi connectivity index (χ2v) is 3.86. The van der Waals surface area contributed by atoms with Gasteiger partial charge in [0, 0.05) is 0 Å². The van der Waals surface area contributed by atoms with E-state index in [0.717, 1.165) is 5.56 Å². The lowest BCUT2D eigenvalue weighted by molar-refractivity contribution is -0.149. The lowest BCUT2D eigenvalue weighted by Gasteiger charge is -2.14. The van der Waals surface area contributed by atoms with E-state index in [-0.39, 0.29) is 6.42 Å². The number of carbonyl (C=O) groups is 2. The Morgan fingerprint density at radius 1 is 1.17 bits per heavy atom. The van der Waals surface area contributed by atoms with Gasteiger partial charge >= 0.3 is 11.9 Å². The van der Waals surface area contributed by atoms with E-state index in [9.17, 15) is 9.59 Å². The number of benzene rings is 1. The predicted octanol–water partition coefficient (Wildman–Crippen LogP) is 1.20. The Hall–Kier alpha value is -2.14. The van der Waals surface area contributed by atoms with Crippen molar-refractivity contribution in [3.8, 4) is 0 Å². The van der Waals surface area contributed by atoms with E-state index < -0.39 is 23.9 Å². The molecule has 2 atom stereocenters. The van der Waals surface area contributed by atoms with Gasteiger partial charge < -0.3 is 15.9 Å². The maximum atomic E-state index is 10.9. The number of aliphatic carboxylic acids is 2. The number of nitrogens with two attached hydrogens (primary N) is 1. The van der Waals surface area contributed by atoms with Crippen molar-refractivity contribution in [2.45, 2.75) is 12.5 Å². The molecule has 4 N–H and O–H groups in total. The topological polar surface area (TPSA) is 101 Å². The predicted molar refractivity (Wildman–Crippen MR) is 66.8 cm³/mol. The smallest absolute Gasteiger partial charge is 0.321 e. The third-order valence-electron chi connectivity index (χ3n) is 2.54. The molecule has 0 radical (unpaired) electrons. The second-order valence-electron chi connectivity index (χ2n) is 3.86. The zero-order valence-electron chi connectivity index (χ0n) is 9.69. The molecule has 18 heavy (non-hydrogen) atoms. The summed E-state index contributed by atoms with van der Waals surface area (Å²) < 4.78 is 0. The molecule has 0 amide bonds. The van der Waals surface area contributed by atoms with Gasteiger partial charge in [-0.1, -0.05) is 42.5 Å². The highest BCUT2D eigenvalue weighted by atomic mass is 16.4. The van der Waals surface area contributed by atoms with Crippen molar-refractivity contribution in [2.75, 3.05) is 0 Å². The second kappa shape index (κ2) is 6.56. The first-order chi connectivity index (χ1) is 8.52. The molecule has 0 spiro atoms. The normalized spacial score (nSPS) is 14.3. The third-order valence-corrected chi connectivity index (χ3v) is 2.54. The Morgan fingerprint density at radius 3 is 2.28 bits per heavy atom. The molecule has 1 unspecified atom stereocenters. The molecular formula is C13H15NO4. The van der Waals surface area contributed by atoms with E-state index >= 15 is 0 Å². The molecule has 1 aromatic carbocycles. The first kappa shape index (κ1) is 13.9. The van der Waals surface area contributed by atoms with E-state index in [2.05, 4.69) is 0 Å². The van der Waals surface area contributed by atoms with Gasteiger partial charge in [0.25, 0.3) is 0 Å². The van der Waals surface area contributed by atoms with Gasteiger partial charge in [-0.15, -0.1) is 0 Å². The van der Waals surface area contributed by atoms with Crippen LogP contribution in [0.2, 0.25) is 0 Å². The Balaban J connectivity index is 2.66. The van der Waals surface area contributed by atoms with Crippen LogP contribution in [-0.2, 0) is 9.59 Å². The molecule has 0 aliphatic heterocycles. The van der Waals surface area contributed by atoms with Crippen molar-refractivity contribution in [3.63, 3.8) is 0 Å². The van der Waals surface area contributed by atoms with Gasteiger partial charge in [-0.2, -0.15) is 0 Å². The van der Waals surface area contributed by atoms with E-state index in [0.29, 0.717) is 0 Å². The maximum Gasteiger partial charge on any atom is 0.321 e. The van der Waals surface area contributed by atoms with Crippen LogP contribution in [0.5, 0.6) is 0 Å². The molecule has 96 valence electrons. The summed E-state index contributed by atoms with van der Waals surface area (Å²) in [5.41, 5.74) is 6.25. The SMILES string of the molecule is N[C@H](C(=O)O)C(CC=Cc1ccccc1)C(=O)O. The van der Waals surface area contributed by atoms with E-state index in [4.69, 9.17) is 15.9 Å². The summed E-state index contributed by atoms with van der Waals surface area (Å²) in [6, 6.07) is 7.92. The first-order valence-electron chi connectivity index (χ1n) is 5.45. The molecule has 0 heterocycles. The monoisotopic (exact) mass is 249 g/mol. The molecule has 5 heteroatoms. The summed E-state index contributed by atoms with van der Waals surface area (Å²) in [7, 11) is 0. The zero-order chi connectivity index (χ0) is 13.5. The average molecular weight is 249 g/mol. The van der Waals surface area contributed by atoms with Crippen molar-refractivity contribution in [1.82, 2.24) is 0 Å². The Bertz CT molecular complexity index is 442. The van der Waals surface area contributed by atoms with Gasteiger partial charge in [-0.3, -0.25) is 9.59 Å². The summed E-state index contributed by atoms with van der Waals surface area (Å²) >= 11 is 0. The molecule has 0 saturated heterocycles. The molecule has 0 aliphatic carbocycles. The van der Waals surface area contributed by atoms with Crippen LogP contribution < -0.4 is 5.73 Å². The Morgan fingerprint density at radius 2 is 1.78 bits per heavy atom. The third kappa shape index (κ3) is 4.03. The number of hydrogen-bond acceptors (Lipinski definition) is 3. The van der Waals surface area contributed by atoms with Crippen molar-refractivity contribution < 1.29 is 19.8 Å². The molecule has 5 nitrogen and oxygen atoms in total. The molecule has 0 aromatic heterocycles. The van der Waals surface area contributed by atoms with Gasteiger partial charge in [-0.25, -0.2) is 0 Å². The van der Waals surface area contributed by atoms with E-state index in [1.807, 2.05) is 30.3 Å². The van der Waals surface area contributed by atoms with Crippen molar-refractivity contribution >= 4 is 18.0 Å². The number of carboxylic acid groups (broad SMARTS) is 2. The van der Waals surface area contributed by atoms with Crippen molar-refractivity contribution in [1.29, 1.82) is 0 Å². The van der Waals surface area contributed by atoms with E-state index in [1.165, 1.54) is 0 Å². The minimum absolute atomic E-state index is 0.0810. The Labute approximate surface area is 105 Å². The maximum absolute atomic E-state index is 10.9. The lowest BCUT2D eigenvalue weighted by Crippen LogP contribution is -2.41. The molecule has 0 saturated carbocycles. The fourth-order valence-corrected chi connectivity index (χ4v) is 1.49. The summed E-state index contributed by atoms with van der Waals surface area (Å²) in [4.78, 5) is 21.6. The van der Waals surface area contributed by atoms with Crippen LogP contribution in [0.1, 0.15) is 12.0 Å². The minimum Gasteiger partial charge on any atom is -0.481 e. The van der Waals surface area contributed by atoms with Gasteiger partial charge in [-0.05, 0) is 12.0 Å². The molecule has 0 aliphatic rings. The quantitative estimate of drug-likeness (QED) is 0.703. The van der Waals surface area contributed by atoms with E-state index in [1.54, 1.807) is 12.2 Å². The molecule has 1 rings (SSSR count). The number of rotatable bonds is 6. The highest BCUT2D eigenvalue weighted by molar-refractivity contribution is 5.82. The molecular weight excluding hydrogens is 234 g/mol. The highest BCUT2D eigenvalue weighted by Crippen LogP contribution is 2.11. The van der Waals surface area contributed by atoms with Crippen molar-refractivity contribution in [3.05, 3.63) is 42.0 Å². The van der Waals surface area contributed by atoms with Crippen molar-refractivity contribution in [2.24, 2.45) is 11.7 Å². The summed E-state index contributed by atoms with van der Waals surface area (Å²) in [5.74, 6) is -3.64. The number of carboxylic acids is 2. The Kier molecular flexibility index (Phi) is 5.07. The first-order valence-corrected chi connectivity index (χ1v) is 5.45. The van der Waals surface area contributed by atoms with Crippen LogP contribution in [0.15, 0.2) is 36.4 Å². The van der Waals surface area contributed by atoms with Crippen LogP contribution >= 0.6 is 0 Å². The standard InChI is InChI=1S/C13H15NO4/c14-11(13(17)18)10(12(15)16)8-4-7-9-5-2-1-3-6-9/h1-7,10-11H,8,14H2,(H,15,16)(H,17,18)/t10?,11-/m0/s1. The van der Waals surface area contributed by atoms with Crippen LogP contribution in [0.25, 0.3) is 6.08 Å². The van der Waals surface area contributed by atoms with Crippen LogP contribution in [0, 0.1) is 5.92 Å². The summed E-state index contributed by atoms with van der Waals surface area (Å²) in [6.45, 7) is 0. The van der Waals surface area contributed by atoms with Gasteiger partial charge in [0.05, 0.1) is 5.92 Å². The fraction of sp³-hybridized carbons (Fsp3) is 0.231. The van der Waals surface area contributed by atoms with Crippen LogP contribution in [0.4, 0.5) is 0 Å². The molecule has 0 bridgehead atoms. The number of hydrogen-bond donors (Lipinski definition) is 3. The summed E-state index contributed by atoms with van der Waals surface area (Å²) in [6.07, 6.45) is 3.44. The largest absolute Gasteiger partial charge is 0.481 e. The lowest BCUT2D eigenvalue weighted by atomic mass is 9.96. The average Bonchev–Trinajstić information content (AvgIpc) is 2.34. The minimum atomic E-state index is -1.40. The number of allylic oxidation sites excluding steroid dienone is 1. The zero-order valence-corrected chi connectivity index (χ0v) is 9.69. The molecule has 0 fully saturated rings. The van der Waals surface area contributed by atoms with Crippen LogP contribution in [-0.4, -0.2) is 28.2 Å². The molecule has 1 aromatic rings. The summed E-state index contributed by atoms with van der Waals surface area (Å²) in [5, 5.41) is 17.6.